The molecule has 1 fully saturated rings. The molecule has 124 valence electrons. The first-order valence-electron chi connectivity index (χ1n) is 7.78. The number of halogens is 1. The van der Waals surface area contributed by atoms with Crippen LogP contribution < -0.4 is 5.73 Å². The van der Waals surface area contributed by atoms with Gasteiger partial charge in [-0.3, -0.25) is 0 Å². The van der Waals surface area contributed by atoms with Crippen molar-refractivity contribution in [3.8, 4) is 11.4 Å². The average molecular weight is 345 g/mol. The molecule has 1 aliphatic rings. The molecular formula is C15H17ClN8. The number of nitrogens with zero attached hydrogens (tertiary/aromatic N) is 7. The predicted molar refractivity (Wildman–Crippen MR) is 91.5 cm³/mol. The molecule has 24 heavy (non-hydrogen) atoms. The molecule has 9 heteroatoms. The Bertz CT molecular complexity index is 867. The first-order valence-corrected chi connectivity index (χ1v) is 8.16. The Morgan fingerprint density at radius 3 is 2.62 bits per heavy atom. The second-order valence-electron chi connectivity index (χ2n) is 6.03. The third-order valence-electron chi connectivity index (χ3n) is 4.39. The van der Waals surface area contributed by atoms with Gasteiger partial charge in [-0.2, -0.15) is 4.98 Å². The lowest BCUT2D eigenvalue weighted by Crippen LogP contribution is -2.31. The van der Waals surface area contributed by atoms with E-state index >= 15 is 0 Å². The zero-order valence-electron chi connectivity index (χ0n) is 13.2. The Morgan fingerprint density at radius 2 is 1.92 bits per heavy atom. The van der Waals surface area contributed by atoms with Crippen LogP contribution in [0.4, 0.5) is 5.82 Å². The summed E-state index contributed by atoms with van der Waals surface area (Å²) < 4.78 is 2.10. The van der Waals surface area contributed by atoms with Gasteiger partial charge in [-0.25, -0.2) is 19.9 Å². The number of hydrogen-bond acceptors (Lipinski definition) is 7. The highest BCUT2D eigenvalue weighted by atomic mass is 35.5. The molecule has 0 saturated carbocycles. The summed E-state index contributed by atoms with van der Waals surface area (Å²) in [6, 6.07) is 0.363. The summed E-state index contributed by atoms with van der Waals surface area (Å²) in [5.74, 6) is 0.354. The Balaban J connectivity index is 1.81. The number of nitrogen functional groups attached to an aromatic ring is 1. The van der Waals surface area contributed by atoms with Gasteiger partial charge in [0.25, 0.3) is 0 Å². The van der Waals surface area contributed by atoms with Crippen LogP contribution in [0.2, 0.25) is 5.28 Å². The SMILES string of the molecule is CN1CCC(n2cnc3c(-c4cnc(N)cn4)nc(Cl)nc32)CC1. The van der Waals surface area contributed by atoms with E-state index in [1.165, 1.54) is 6.20 Å². The van der Waals surface area contributed by atoms with Crippen molar-refractivity contribution in [2.75, 3.05) is 25.9 Å². The zero-order chi connectivity index (χ0) is 16.7. The molecule has 1 aliphatic heterocycles. The molecule has 0 amide bonds. The quantitative estimate of drug-likeness (QED) is 0.707. The molecule has 4 rings (SSSR count). The second-order valence-corrected chi connectivity index (χ2v) is 6.36. The molecule has 3 aromatic rings. The fraction of sp³-hybridized carbons (Fsp3) is 0.400. The van der Waals surface area contributed by atoms with E-state index in [9.17, 15) is 0 Å². The highest BCUT2D eigenvalue weighted by Gasteiger charge is 2.23. The van der Waals surface area contributed by atoms with E-state index in [1.54, 1.807) is 6.20 Å². The molecule has 0 spiro atoms. The number of rotatable bonds is 2. The van der Waals surface area contributed by atoms with Gasteiger partial charge >= 0.3 is 0 Å². The lowest BCUT2D eigenvalue weighted by molar-refractivity contribution is 0.223. The number of imidazole rings is 1. The van der Waals surface area contributed by atoms with Crippen molar-refractivity contribution in [1.82, 2.24) is 34.4 Å². The van der Waals surface area contributed by atoms with Crippen LogP contribution in [0.1, 0.15) is 18.9 Å². The van der Waals surface area contributed by atoms with Gasteiger partial charge < -0.3 is 15.2 Å². The summed E-state index contributed by atoms with van der Waals surface area (Å²) in [6.07, 6.45) is 6.99. The molecule has 8 nitrogen and oxygen atoms in total. The lowest BCUT2D eigenvalue weighted by atomic mass is 10.1. The summed E-state index contributed by atoms with van der Waals surface area (Å²) in [6.45, 7) is 2.11. The maximum Gasteiger partial charge on any atom is 0.225 e. The average Bonchev–Trinajstić information content (AvgIpc) is 2.99. The number of aromatic nitrogens is 6. The first-order chi connectivity index (χ1) is 11.6. The summed E-state index contributed by atoms with van der Waals surface area (Å²) in [4.78, 5) is 23.9. The third kappa shape index (κ3) is 2.67. The van der Waals surface area contributed by atoms with Gasteiger partial charge in [-0.05, 0) is 44.6 Å². The van der Waals surface area contributed by atoms with Crippen LogP contribution in [0.5, 0.6) is 0 Å². The van der Waals surface area contributed by atoms with Crippen molar-refractivity contribution in [2.45, 2.75) is 18.9 Å². The fourth-order valence-corrected chi connectivity index (χ4v) is 3.23. The summed E-state index contributed by atoms with van der Waals surface area (Å²) >= 11 is 6.15. The van der Waals surface area contributed by atoms with Crippen molar-refractivity contribution >= 4 is 28.6 Å². The molecule has 0 aliphatic carbocycles. The number of fused-ring (bicyclic) bond motifs is 1. The summed E-state index contributed by atoms with van der Waals surface area (Å²) in [7, 11) is 2.14. The van der Waals surface area contributed by atoms with Gasteiger partial charge in [0.05, 0.1) is 18.7 Å². The van der Waals surface area contributed by atoms with Gasteiger partial charge in [0.1, 0.15) is 22.7 Å². The Morgan fingerprint density at radius 1 is 1.12 bits per heavy atom. The highest BCUT2D eigenvalue weighted by molar-refractivity contribution is 6.28. The monoisotopic (exact) mass is 344 g/mol. The molecule has 3 aromatic heterocycles. The highest BCUT2D eigenvalue weighted by Crippen LogP contribution is 2.29. The molecule has 1 saturated heterocycles. The van der Waals surface area contributed by atoms with Crippen LogP contribution in [0.3, 0.4) is 0 Å². The van der Waals surface area contributed by atoms with E-state index in [2.05, 4.69) is 41.4 Å². The second kappa shape index (κ2) is 5.95. The lowest BCUT2D eigenvalue weighted by Gasteiger charge is -2.29. The standard InChI is InChI=1S/C15H17ClN8/c1-23-4-2-9(3-5-23)24-8-20-13-12(21-15(16)22-14(13)24)10-6-19-11(17)7-18-10/h6-9H,2-5H2,1H3,(H2,17,19). The number of hydrogen-bond donors (Lipinski definition) is 1. The van der Waals surface area contributed by atoms with Crippen LogP contribution in [0.15, 0.2) is 18.7 Å². The molecule has 0 radical (unpaired) electrons. The Kier molecular flexibility index (Phi) is 3.78. The smallest absolute Gasteiger partial charge is 0.225 e. The van der Waals surface area contributed by atoms with E-state index in [1.807, 2.05) is 6.33 Å². The van der Waals surface area contributed by atoms with Crippen molar-refractivity contribution in [3.05, 3.63) is 24.0 Å². The van der Waals surface area contributed by atoms with E-state index in [4.69, 9.17) is 17.3 Å². The molecular weight excluding hydrogens is 328 g/mol. The molecule has 2 N–H and O–H groups in total. The minimum atomic E-state index is 0.172. The third-order valence-corrected chi connectivity index (χ3v) is 4.56. The van der Waals surface area contributed by atoms with Crippen molar-refractivity contribution in [2.24, 2.45) is 0 Å². The largest absolute Gasteiger partial charge is 0.382 e. The minimum Gasteiger partial charge on any atom is -0.382 e. The summed E-state index contributed by atoms with van der Waals surface area (Å²) in [5, 5.41) is 0.172. The van der Waals surface area contributed by atoms with Gasteiger partial charge in [-0.15, -0.1) is 0 Å². The summed E-state index contributed by atoms with van der Waals surface area (Å²) in [5.41, 5.74) is 8.17. The normalized spacial score (nSPS) is 16.8. The van der Waals surface area contributed by atoms with Gasteiger partial charge in [-0.1, -0.05) is 0 Å². The van der Waals surface area contributed by atoms with Crippen molar-refractivity contribution in [3.63, 3.8) is 0 Å². The zero-order valence-corrected chi connectivity index (χ0v) is 14.0. The number of nitrogens with two attached hydrogens (primary N) is 1. The van der Waals surface area contributed by atoms with Crippen molar-refractivity contribution < 1.29 is 0 Å². The first kappa shape index (κ1) is 15.2. The van der Waals surface area contributed by atoms with E-state index in [0.717, 1.165) is 31.6 Å². The maximum absolute atomic E-state index is 6.15. The van der Waals surface area contributed by atoms with E-state index in [0.29, 0.717) is 28.8 Å². The maximum atomic E-state index is 6.15. The molecule has 0 atom stereocenters. The minimum absolute atomic E-state index is 0.172. The van der Waals surface area contributed by atoms with Crippen LogP contribution in [0.25, 0.3) is 22.6 Å². The molecule has 0 unspecified atom stereocenters. The molecule has 4 heterocycles. The van der Waals surface area contributed by atoms with Crippen molar-refractivity contribution in [1.29, 1.82) is 0 Å². The molecule has 0 bridgehead atoms. The number of likely N-dealkylation sites (tertiary alicyclic amines) is 1. The van der Waals surface area contributed by atoms with Gasteiger partial charge in [0.2, 0.25) is 5.28 Å². The van der Waals surface area contributed by atoms with Crippen LogP contribution in [-0.4, -0.2) is 54.5 Å². The van der Waals surface area contributed by atoms with Crippen LogP contribution in [-0.2, 0) is 0 Å². The number of anilines is 1. The van der Waals surface area contributed by atoms with E-state index < -0.39 is 0 Å². The molecule has 0 aromatic carbocycles. The fourth-order valence-electron chi connectivity index (χ4n) is 3.07. The van der Waals surface area contributed by atoms with Crippen LogP contribution in [0, 0.1) is 0 Å². The van der Waals surface area contributed by atoms with Crippen LogP contribution >= 0.6 is 11.6 Å². The van der Waals surface area contributed by atoms with E-state index in [-0.39, 0.29) is 5.28 Å². The predicted octanol–water partition coefficient (Wildman–Crippen LogP) is 1.79. The Hall–Kier alpha value is -2.32. The van der Waals surface area contributed by atoms with Gasteiger partial charge in [0.15, 0.2) is 5.65 Å². The topological polar surface area (TPSA) is 98.6 Å². The van der Waals surface area contributed by atoms with Gasteiger partial charge in [0, 0.05) is 6.04 Å². The number of piperidine rings is 1. The Labute approximate surface area is 143 Å².